The molecule has 0 aliphatic rings. The number of hydrogen-bond acceptors (Lipinski definition) is 6. The maximum atomic E-state index is 9.04. The Morgan fingerprint density at radius 1 is 1.00 bits per heavy atom. The molecule has 122 valence electrons. The highest BCUT2D eigenvalue weighted by atomic mass is 28.4. The molecule has 0 aromatic rings. The largest absolute Gasteiger partial charge is 0.500 e. The standard InChI is InChI=1S/C13H31NO5Si/c1-3-17-20(18-4-2,11-5-8-14)19-12-13(6-9-15)7-10-16/h13,15-16H,3-12,14H2,1-2H3. The highest BCUT2D eigenvalue weighted by Gasteiger charge is 2.40. The van der Waals surface area contributed by atoms with Crippen LogP contribution in [-0.2, 0) is 13.3 Å². The molecular formula is C13H31NO5Si. The Hall–Kier alpha value is -0.0231. The molecule has 6 nitrogen and oxygen atoms in total. The van der Waals surface area contributed by atoms with Gasteiger partial charge in [-0.2, -0.15) is 0 Å². The predicted octanol–water partition coefficient (Wildman–Crippen LogP) is 0.745. The second kappa shape index (κ2) is 12.7. The van der Waals surface area contributed by atoms with Gasteiger partial charge in [0.1, 0.15) is 0 Å². The summed E-state index contributed by atoms with van der Waals surface area (Å²) in [5.41, 5.74) is 5.57. The zero-order valence-corrected chi connectivity index (χ0v) is 13.8. The maximum absolute atomic E-state index is 9.04. The Labute approximate surface area is 123 Å². The highest BCUT2D eigenvalue weighted by molar-refractivity contribution is 6.60. The zero-order chi connectivity index (χ0) is 15.3. The molecule has 7 heteroatoms. The third-order valence-corrected chi connectivity index (χ3v) is 6.06. The summed E-state index contributed by atoms with van der Waals surface area (Å²) in [6, 6.07) is 0.705. The van der Waals surface area contributed by atoms with E-state index >= 15 is 0 Å². The first-order chi connectivity index (χ1) is 9.67. The topological polar surface area (TPSA) is 94.2 Å². The minimum atomic E-state index is -2.68. The Balaban J connectivity index is 4.56. The van der Waals surface area contributed by atoms with Gasteiger partial charge in [0.15, 0.2) is 0 Å². The maximum Gasteiger partial charge on any atom is 0.500 e. The fourth-order valence-corrected chi connectivity index (χ4v) is 4.71. The van der Waals surface area contributed by atoms with Crippen molar-refractivity contribution < 1.29 is 23.5 Å². The molecule has 0 aromatic carbocycles. The Morgan fingerprint density at radius 2 is 1.55 bits per heavy atom. The van der Waals surface area contributed by atoms with Crippen LogP contribution in [0.2, 0.25) is 6.04 Å². The quantitative estimate of drug-likeness (QED) is 0.410. The van der Waals surface area contributed by atoms with Crippen LogP contribution in [0.4, 0.5) is 0 Å². The molecule has 0 spiro atoms. The lowest BCUT2D eigenvalue weighted by molar-refractivity contribution is 0.0463. The number of aliphatic hydroxyl groups is 2. The van der Waals surface area contributed by atoms with Gasteiger partial charge in [-0.3, -0.25) is 0 Å². The first-order valence-electron chi connectivity index (χ1n) is 7.51. The van der Waals surface area contributed by atoms with E-state index in [0.717, 1.165) is 6.42 Å². The van der Waals surface area contributed by atoms with Crippen molar-refractivity contribution in [3.05, 3.63) is 0 Å². The highest BCUT2D eigenvalue weighted by Crippen LogP contribution is 2.20. The summed E-state index contributed by atoms with van der Waals surface area (Å²) in [4.78, 5) is 0. The SMILES string of the molecule is CCO[Si](CCCN)(OCC)OCC(CCO)CCO. The first kappa shape index (κ1) is 20.0. The lowest BCUT2D eigenvalue weighted by Crippen LogP contribution is -2.47. The second-order valence-electron chi connectivity index (χ2n) is 4.64. The molecule has 0 fully saturated rings. The van der Waals surface area contributed by atoms with Crippen molar-refractivity contribution in [1.82, 2.24) is 0 Å². The van der Waals surface area contributed by atoms with Crippen molar-refractivity contribution in [1.29, 1.82) is 0 Å². The Morgan fingerprint density at radius 3 is 1.95 bits per heavy atom. The summed E-state index contributed by atoms with van der Waals surface area (Å²) in [6.07, 6.45) is 2.03. The molecule has 0 saturated carbocycles. The fraction of sp³-hybridized carbons (Fsp3) is 1.00. The van der Waals surface area contributed by atoms with Gasteiger partial charge in [-0.15, -0.1) is 0 Å². The van der Waals surface area contributed by atoms with Crippen molar-refractivity contribution >= 4 is 8.80 Å². The van der Waals surface area contributed by atoms with Crippen LogP contribution in [0.1, 0.15) is 33.1 Å². The summed E-state index contributed by atoms with van der Waals surface area (Å²) < 4.78 is 17.6. The molecule has 0 aliphatic carbocycles. The van der Waals surface area contributed by atoms with Crippen molar-refractivity contribution in [3.63, 3.8) is 0 Å². The molecule has 0 bridgehead atoms. The molecule has 0 amide bonds. The monoisotopic (exact) mass is 309 g/mol. The Kier molecular flexibility index (Phi) is 12.7. The normalized spacial score (nSPS) is 12.3. The van der Waals surface area contributed by atoms with Crippen LogP contribution in [0.5, 0.6) is 0 Å². The molecule has 0 aromatic heterocycles. The van der Waals surface area contributed by atoms with Crippen LogP contribution in [0.15, 0.2) is 0 Å². The molecule has 0 aliphatic heterocycles. The van der Waals surface area contributed by atoms with Crippen molar-refractivity contribution in [2.24, 2.45) is 11.7 Å². The van der Waals surface area contributed by atoms with Crippen LogP contribution in [0.25, 0.3) is 0 Å². The van der Waals surface area contributed by atoms with Crippen molar-refractivity contribution in [2.45, 2.75) is 39.2 Å². The van der Waals surface area contributed by atoms with Gasteiger partial charge in [0.25, 0.3) is 0 Å². The van der Waals surface area contributed by atoms with Gasteiger partial charge in [0.05, 0.1) is 0 Å². The van der Waals surface area contributed by atoms with E-state index in [0.29, 0.717) is 45.3 Å². The van der Waals surface area contributed by atoms with Crippen molar-refractivity contribution in [2.75, 3.05) is 39.6 Å². The molecule has 0 unspecified atom stereocenters. The van der Waals surface area contributed by atoms with Crippen LogP contribution < -0.4 is 5.73 Å². The summed E-state index contributed by atoms with van der Waals surface area (Å²) in [6.45, 7) is 6.14. The van der Waals surface area contributed by atoms with Gasteiger partial charge in [-0.05, 0) is 45.6 Å². The van der Waals surface area contributed by atoms with Crippen LogP contribution in [0.3, 0.4) is 0 Å². The van der Waals surface area contributed by atoms with E-state index in [1.807, 2.05) is 13.8 Å². The van der Waals surface area contributed by atoms with E-state index in [2.05, 4.69) is 0 Å². The van der Waals surface area contributed by atoms with E-state index in [-0.39, 0.29) is 19.1 Å². The van der Waals surface area contributed by atoms with Gasteiger partial charge in [-0.25, -0.2) is 0 Å². The van der Waals surface area contributed by atoms with Gasteiger partial charge >= 0.3 is 8.80 Å². The van der Waals surface area contributed by atoms with Crippen molar-refractivity contribution in [3.8, 4) is 0 Å². The van der Waals surface area contributed by atoms with E-state index in [1.54, 1.807) is 0 Å². The Bertz CT molecular complexity index is 209. The number of nitrogens with two attached hydrogens (primary N) is 1. The zero-order valence-electron chi connectivity index (χ0n) is 12.8. The fourth-order valence-electron chi connectivity index (χ4n) is 2.02. The summed E-state index contributed by atoms with van der Waals surface area (Å²) >= 11 is 0. The van der Waals surface area contributed by atoms with Gasteiger partial charge in [0.2, 0.25) is 0 Å². The molecule has 0 rings (SSSR count). The molecule has 4 N–H and O–H groups in total. The van der Waals surface area contributed by atoms with E-state index in [1.165, 1.54) is 0 Å². The van der Waals surface area contributed by atoms with Gasteiger partial charge in [-0.1, -0.05) is 0 Å². The summed E-state index contributed by atoms with van der Waals surface area (Å²) in [5, 5.41) is 18.1. The molecular weight excluding hydrogens is 278 g/mol. The van der Waals surface area contributed by atoms with Crippen LogP contribution in [-0.4, -0.2) is 58.6 Å². The minimum Gasteiger partial charge on any atom is -0.396 e. The number of hydrogen-bond donors (Lipinski definition) is 3. The molecule has 20 heavy (non-hydrogen) atoms. The third-order valence-electron chi connectivity index (χ3n) is 3.03. The van der Waals surface area contributed by atoms with Crippen LogP contribution >= 0.6 is 0 Å². The van der Waals surface area contributed by atoms with E-state index in [4.69, 9.17) is 29.2 Å². The average molecular weight is 309 g/mol. The molecule has 0 atom stereocenters. The lowest BCUT2D eigenvalue weighted by atomic mass is 10.0. The number of rotatable bonds is 14. The molecule has 0 saturated heterocycles. The van der Waals surface area contributed by atoms with E-state index in [9.17, 15) is 0 Å². The lowest BCUT2D eigenvalue weighted by Gasteiger charge is -2.30. The predicted molar refractivity (Wildman–Crippen MR) is 80.3 cm³/mol. The second-order valence-corrected chi connectivity index (χ2v) is 7.37. The summed E-state index contributed by atoms with van der Waals surface area (Å²) in [5.74, 6) is 0.121. The van der Waals surface area contributed by atoms with Gasteiger partial charge < -0.3 is 29.2 Å². The summed E-state index contributed by atoms with van der Waals surface area (Å²) in [7, 11) is -2.68. The molecule has 0 radical (unpaired) electrons. The van der Waals surface area contributed by atoms with Gasteiger partial charge in [0, 0.05) is 39.1 Å². The third kappa shape index (κ3) is 8.31. The number of aliphatic hydroxyl groups excluding tert-OH is 2. The van der Waals surface area contributed by atoms with Crippen LogP contribution in [0, 0.1) is 5.92 Å². The molecule has 0 heterocycles. The van der Waals surface area contributed by atoms with E-state index < -0.39 is 8.80 Å². The smallest absolute Gasteiger partial charge is 0.396 e. The minimum absolute atomic E-state index is 0.0919. The first-order valence-corrected chi connectivity index (χ1v) is 9.44. The average Bonchev–Trinajstić information content (AvgIpc) is 2.43.